The summed E-state index contributed by atoms with van der Waals surface area (Å²) in [5.41, 5.74) is 8.16. The van der Waals surface area contributed by atoms with E-state index in [1.54, 1.807) is 0 Å². The number of rotatable bonds is 4. The summed E-state index contributed by atoms with van der Waals surface area (Å²) >= 11 is 6.29. The third kappa shape index (κ3) is 2.71. The zero-order valence-corrected chi connectivity index (χ0v) is 12.1. The molecule has 1 aromatic heterocycles. The van der Waals surface area contributed by atoms with Gasteiger partial charge in [-0.2, -0.15) is 5.10 Å². The average Bonchev–Trinajstić information content (AvgIpc) is 2.88. The Morgan fingerprint density at radius 1 is 1.56 bits per heavy atom. The fourth-order valence-corrected chi connectivity index (χ4v) is 2.78. The Labute approximate surface area is 113 Å². The van der Waals surface area contributed by atoms with Crippen LogP contribution in [0.25, 0.3) is 0 Å². The van der Waals surface area contributed by atoms with E-state index < -0.39 is 0 Å². The third-order valence-corrected chi connectivity index (χ3v) is 4.12. The van der Waals surface area contributed by atoms with Crippen molar-refractivity contribution < 1.29 is 4.74 Å². The summed E-state index contributed by atoms with van der Waals surface area (Å²) in [5, 5.41) is 5.16. The van der Waals surface area contributed by atoms with Gasteiger partial charge in [0.1, 0.15) is 0 Å². The molecule has 0 aliphatic carbocycles. The molecule has 3 atom stereocenters. The Hall–Kier alpha value is -0.580. The van der Waals surface area contributed by atoms with E-state index in [1.807, 2.05) is 11.6 Å². The standard InChI is InChI=1S/C13H22ClN3O/c1-4-17-11(13(14)9(3)16-17)7-10(15)12-6-5-8(2)18-12/h8,10,12H,4-7,15H2,1-3H3. The van der Waals surface area contributed by atoms with Crippen molar-refractivity contribution in [2.45, 2.75) is 64.8 Å². The number of nitrogens with two attached hydrogens (primary N) is 1. The molecule has 0 amide bonds. The van der Waals surface area contributed by atoms with E-state index in [2.05, 4.69) is 18.9 Å². The minimum atomic E-state index is -0.00569. The highest BCUT2D eigenvalue weighted by molar-refractivity contribution is 6.31. The SMILES string of the molecule is CCn1nc(C)c(Cl)c1CC(N)C1CCC(C)O1. The Morgan fingerprint density at radius 3 is 2.83 bits per heavy atom. The highest BCUT2D eigenvalue weighted by Gasteiger charge is 2.29. The van der Waals surface area contributed by atoms with E-state index in [-0.39, 0.29) is 12.1 Å². The molecule has 1 aliphatic heterocycles. The van der Waals surface area contributed by atoms with Crippen molar-refractivity contribution in [3.05, 3.63) is 16.4 Å². The maximum absolute atomic E-state index is 6.29. The van der Waals surface area contributed by atoms with Gasteiger partial charge in [0.05, 0.1) is 28.6 Å². The molecule has 4 nitrogen and oxygen atoms in total. The molecule has 1 aromatic rings. The van der Waals surface area contributed by atoms with Crippen LogP contribution in [-0.2, 0) is 17.7 Å². The molecule has 3 unspecified atom stereocenters. The van der Waals surface area contributed by atoms with Gasteiger partial charge in [-0.1, -0.05) is 11.6 Å². The van der Waals surface area contributed by atoms with Crippen molar-refractivity contribution in [3.8, 4) is 0 Å². The van der Waals surface area contributed by atoms with Gasteiger partial charge in [0, 0.05) is 19.0 Å². The van der Waals surface area contributed by atoms with Gasteiger partial charge in [-0.3, -0.25) is 4.68 Å². The van der Waals surface area contributed by atoms with Crippen LogP contribution in [0.4, 0.5) is 0 Å². The van der Waals surface area contributed by atoms with Crippen LogP contribution < -0.4 is 5.73 Å². The van der Waals surface area contributed by atoms with Gasteiger partial charge >= 0.3 is 0 Å². The molecule has 0 saturated carbocycles. The van der Waals surface area contributed by atoms with Crippen molar-refractivity contribution in [2.75, 3.05) is 0 Å². The summed E-state index contributed by atoms with van der Waals surface area (Å²) in [6.07, 6.45) is 3.34. The van der Waals surface area contributed by atoms with Gasteiger partial charge < -0.3 is 10.5 Å². The highest BCUT2D eigenvalue weighted by Crippen LogP contribution is 2.26. The van der Waals surface area contributed by atoms with Crippen LogP contribution in [-0.4, -0.2) is 28.0 Å². The molecule has 2 N–H and O–H groups in total. The van der Waals surface area contributed by atoms with Crippen molar-refractivity contribution >= 4 is 11.6 Å². The quantitative estimate of drug-likeness (QED) is 0.914. The smallest absolute Gasteiger partial charge is 0.0847 e. The third-order valence-electron chi connectivity index (χ3n) is 3.62. The Bertz CT molecular complexity index is 419. The molecule has 0 spiro atoms. The van der Waals surface area contributed by atoms with Crippen LogP contribution in [0, 0.1) is 6.92 Å². The molecule has 2 rings (SSSR count). The van der Waals surface area contributed by atoms with Crippen LogP contribution in [0.1, 0.15) is 38.1 Å². The molecule has 102 valence electrons. The highest BCUT2D eigenvalue weighted by atomic mass is 35.5. The van der Waals surface area contributed by atoms with Crippen LogP contribution in [0.5, 0.6) is 0 Å². The first-order chi connectivity index (χ1) is 8.52. The van der Waals surface area contributed by atoms with Crippen LogP contribution in [0.3, 0.4) is 0 Å². The van der Waals surface area contributed by atoms with E-state index in [1.165, 1.54) is 0 Å². The number of nitrogens with zero attached hydrogens (tertiary/aromatic N) is 2. The first-order valence-corrected chi connectivity index (χ1v) is 7.03. The van der Waals surface area contributed by atoms with Gasteiger partial charge in [0.2, 0.25) is 0 Å². The lowest BCUT2D eigenvalue weighted by Gasteiger charge is -2.20. The molecule has 1 aliphatic rings. The number of hydrogen-bond donors (Lipinski definition) is 1. The maximum atomic E-state index is 6.29. The first kappa shape index (κ1) is 13.8. The second kappa shape index (κ2) is 5.59. The maximum Gasteiger partial charge on any atom is 0.0847 e. The lowest BCUT2D eigenvalue weighted by atomic mass is 10.0. The summed E-state index contributed by atoms with van der Waals surface area (Å²) in [6, 6.07) is -0.00569. The molecule has 18 heavy (non-hydrogen) atoms. The molecule has 0 bridgehead atoms. The minimum absolute atomic E-state index is 0.00569. The monoisotopic (exact) mass is 271 g/mol. The zero-order chi connectivity index (χ0) is 13.3. The summed E-state index contributed by atoms with van der Waals surface area (Å²) < 4.78 is 7.76. The predicted octanol–water partition coefficient (Wildman–Crippen LogP) is 2.30. The minimum Gasteiger partial charge on any atom is -0.374 e. The molecule has 0 aromatic carbocycles. The zero-order valence-electron chi connectivity index (χ0n) is 11.3. The van der Waals surface area contributed by atoms with Crippen LogP contribution in [0.2, 0.25) is 5.02 Å². The van der Waals surface area contributed by atoms with E-state index in [0.717, 1.165) is 42.2 Å². The van der Waals surface area contributed by atoms with Crippen molar-refractivity contribution in [2.24, 2.45) is 5.73 Å². The molecule has 0 radical (unpaired) electrons. The van der Waals surface area contributed by atoms with Crippen molar-refractivity contribution in [3.63, 3.8) is 0 Å². The Morgan fingerprint density at radius 2 is 2.28 bits per heavy atom. The van der Waals surface area contributed by atoms with E-state index in [0.29, 0.717) is 6.10 Å². The van der Waals surface area contributed by atoms with Crippen molar-refractivity contribution in [1.29, 1.82) is 0 Å². The Balaban J connectivity index is 2.09. The first-order valence-electron chi connectivity index (χ1n) is 6.65. The number of aromatic nitrogens is 2. The number of ether oxygens (including phenoxy) is 1. The molecule has 1 fully saturated rings. The fraction of sp³-hybridized carbons (Fsp3) is 0.769. The largest absolute Gasteiger partial charge is 0.374 e. The molecular formula is C13H22ClN3O. The van der Waals surface area contributed by atoms with Crippen LogP contribution in [0.15, 0.2) is 0 Å². The normalized spacial score (nSPS) is 25.6. The van der Waals surface area contributed by atoms with Gasteiger partial charge in [-0.25, -0.2) is 0 Å². The fourth-order valence-electron chi connectivity index (χ4n) is 2.57. The number of hydrogen-bond acceptors (Lipinski definition) is 3. The van der Waals surface area contributed by atoms with Gasteiger partial charge in [0.15, 0.2) is 0 Å². The summed E-state index contributed by atoms with van der Waals surface area (Å²) in [7, 11) is 0. The lowest BCUT2D eigenvalue weighted by molar-refractivity contribution is 0.0401. The van der Waals surface area contributed by atoms with Gasteiger partial charge in [-0.05, 0) is 33.6 Å². The van der Waals surface area contributed by atoms with Crippen molar-refractivity contribution in [1.82, 2.24) is 9.78 Å². The predicted molar refractivity (Wildman–Crippen MR) is 72.9 cm³/mol. The summed E-state index contributed by atoms with van der Waals surface area (Å²) in [6.45, 7) is 6.90. The molecule has 2 heterocycles. The summed E-state index contributed by atoms with van der Waals surface area (Å²) in [5.74, 6) is 0. The Kier molecular flexibility index (Phi) is 4.30. The topological polar surface area (TPSA) is 53.1 Å². The van der Waals surface area contributed by atoms with E-state index in [9.17, 15) is 0 Å². The second-order valence-electron chi connectivity index (χ2n) is 5.09. The summed E-state index contributed by atoms with van der Waals surface area (Å²) in [4.78, 5) is 0. The van der Waals surface area contributed by atoms with Crippen LogP contribution >= 0.6 is 11.6 Å². The van der Waals surface area contributed by atoms with E-state index >= 15 is 0 Å². The molecule has 5 heteroatoms. The number of aryl methyl sites for hydroxylation is 2. The van der Waals surface area contributed by atoms with Gasteiger partial charge in [-0.15, -0.1) is 0 Å². The number of halogens is 1. The lowest BCUT2D eigenvalue weighted by Crippen LogP contribution is -2.37. The van der Waals surface area contributed by atoms with E-state index in [4.69, 9.17) is 22.1 Å². The van der Waals surface area contributed by atoms with Gasteiger partial charge in [0.25, 0.3) is 0 Å². The second-order valence-corrected chi connectivity index (χ2v) is 5.47. The molecular weight excluding hydrogens is 250 g/mol. The average molecular weight is 272 g/mol. The molecule has 1 saturated heterocycles.